The monoisotopic (exact) mass is 361 g/mol. The minimum absolute atomic E-state index is 0.133. The Morgan fingerprint density at radius 2 is 1.62 bits per heavy atom. The van der Waals surface area contributed by atoms with Crippen molar-refractivity contribution in [2.45, 2.75) is 31.6 Å². The SMILES string of the molecule is CCCC1(C(=O)NCCc2cccs2)c2ccccc2-c2ccccc21. The molecule has 1 amide bonds. The summed E-state index contributed by atoms with van der Waals surface area (Å²) in [6, 6.07) is 21.0. The van der Waals surface area contributed by atoms with E-state index >= 15 is 0 Å². The lowest BCUT2D eigenvalue weighted by Gasteiger charge is -2.30. The van der Waals surface area contributed by atoms with Gasteiger partial charge in [0.05, 0.1) is 0 Å². The first-order valence-electron chi connectivity index (χ1n) is 9.27. The predicted molar refractivity (Wildman–Crippen MR) is 109 cm³/mol. The normalized spacial score (nSPS) is 13.9. The summed E-state index contributed by atoms with van der Waals surface area (Å²) in [5.74, 6) is 0.133. The Bertz CT molecular complexity index is 868. The van der Waals surface area contributed by atoms with E-state index in [4.69, 9.17) is 0 Å². The minimum atomic E-state index is -0.572. The largest absolute Gasteiger partial charge is 0.355 e. The van der Waals surface area contributed by atoms with Crippen molar-refractivity contribution in [3.63, 3.8) is 0 Å². The zero-order valence-corrected chi connectivity index (χ0v) is 15.8. The lowest BCUT2D eigenvalue weighted by atomic mass is 9.74. The van der Waals surface area contributed by atoms with Gasteiger partial charge in [-0.3, -0.25) is 4.79 Å². The van der Waals surface area contributed by atoms with Gasteiger partial charge in [0.1, 0.15) is 5.41 Å². The van der Waals surface area contributed by atoms with Gasteiger partial charge in [0.15, 0.2) is 0 Å². The van der Waals surface area contributed by atoms with Crippen molar-refractivity contribution in [2.75, 3.05) is 6.54 Å². The van der Waals surface area contributed by atoms with Crippen molar-refractivity contribution in [1.29, 1.82) is 0 Å². The van der Waals surface area contributed by atoms with E-state index in [1.807, 2.05) is 12.1 Å². The predicted octanol–water partition coefficient (Wildman–Crippen LogP) is 5.17. The van der Waals surface area contributed by atoms with Crippen molar-refractivity contribution < 1.29 is 4.79 Å². The summed E-state index contributed by atoms with van der Waals surface area (Å²) in [5.41, 5.74) is 4.13. The molecule has 0 bridgehead atoms. The zero-order chi connectivity index (χ0) is 18.0. The second kappa shape index (κ2) is 7.08. The number of benzene rings is 2. The Morgan fingerprint density at radius 3 is 2.19 bits per heavy atom. The molecule has 3 aromatic rings. The van der Waals surface area contributed by atoms with Crippen LogP contribution in [0.1, 0.15) is 35.8 Å². The molecule has 0 saturated carbocycles. The van der Waals surface area contributed by atoms with E-state index in [1.165, 1.54) is 16.0 Å². The summed E-state index contributed by atoms with van der Waals surface area (Å²) < 4.78 is 0. The van der Waals surface area contributed by atoms with Gasteiger partial charge >= 0.3 is 0 Å². The number of amides is 1. The molecule has 0 unspecified atom stereocenters. The van der Waals surface area contributed by atoms with E-state index in [0.29, 0.717) is 6.54 Å². The highest BCUT2D eigenvalue weighted by Gasteiger charge is 2.47. The van der Waals surface area contributed by atoms with Gasteiger partial charge < -0.3 is 5.32 Å². The fourth-order valence-corrected chi connectivity index (χ4v) is 4.94. The second-order valence-corrected chi connectivity index (χ2v) is 7.86. The average Bonchev–Trinajstić information content (AvgIpc) is 3.28. The van der Waals surface area contributed by atoms with Crippen LogP contribution in [0.4, 0.5) is 0 Å². The van der Waals surface area contributed by atoms with E-state index in [-0.39, 0.29) is 5.91 Å². The van der Waals surface area contributed by atoms with Crippen molar-refractivity contribution in [3.05, 3.63) is 82.0 Å². The van der Waals surface area contributed by atoms with Crippen LogP contribution in [-0.2, 0) is 16.6 Å². The topological polar surface area (TPSA) is 29.1 Å². The first-order chi connectivity index (χ1) is 12.8. The van der Waals surface area contributed by atoms with Crippen LogP contribution in [0.3, 0.4) is 0 Å². The fourth-order valence-electron chi connectivity index (χ4n) is 4.23. The molecule has 0 atom stereocenters. The van der Waals surface area contributed by atoms with Crippen LogP contribution in [0, 0.1) is 0 Å². The highest BCUT2D eigenvalue weighted by molar-refractivity contribution is 7.09. The first kappa shape index (κ1) is 17.0. The fraction of sp³-hybridized carbons (Fsp3) is 0.261. The van der Waals surface area contributed by atoms with Gasteiger partial charge in [-0.2, -0.15) is 0 Å². The molecule has 0 spiro atoms. The summed E-state index contributed by atoms with van der Waals surface area (Å²) in [7, 11) is 0. The molecular weight excluding hydrogens is 338 g/mol. The molecule has 1 aromatic heterocycles. The van der Waals surface area contributed by atoms with Crippen LogP contribution in [0.5, 0.6) is 0 Å². The number of carbonyl (C=O) groups is 1. The molecule has 1 aliphatic carbocycles. The standard InChI is InChI=1S/C23H23NOS/c1-2-14-23(22(25)24-15-13-17-8-7-16-26-17)20-11-5-3-9-18(20)19-10-4-6-12-21(19)23/h3-12,16H,2,13-15H2,1H3,(H,24,25). The molecular formula is C23H23NOS. The molecule has 0 fully saturated rings. The minimum Gasteiger partial charge on any atom is -0.355 e. The molecule has 132 valence electrons. The Balaban J connectivity index is 1.70. The van der Waals surface area contributed by atoms with Crippen LogP contribution >= 0.6 is 11.3 Å². The number of thiophene rings is 1. The molecule has 0 saturated heterocycles. The number of carbonyl (C=O) groups excluding carboxylic acids is 1. The van der Waals surface area contributed by atoms with Crippen LogP contribution < -0.4 is 5.32 Å². The van der Waals surface area contributed by atoms with Crippen molar-refractivity contribution in [1.82, 2.24) is 5.32 Å². The molecule has 26 heavy (non-hydrogen) atoms. The average molecular weight is 362 g/mol. The lowest BCUT2D eigenvalue weighted by molar-refractivity contribution is -0.125. The van der Waals surface area contributed by atoms with E-state index in [0.717, 1.165) is 30.4 Å². The van der Waals surface area contributed by atoms with Crippen molar-refractivity contribution in [2.24, 2.45) is 0 Å². The zero-order valence-electron chi connectivity index (χ0n) is 15.0. The van der Waals surface area contributed by atoms with Crippen molar-refractivity contribution in [3.8, 4) is 11.1 Å². The van der Waals surface area contributed by atoms with Crippen LogP contribution in [0.2, 0.25) is 0 Å². The molecule has 0 aliphatic heterocycles. The van der Waals surface area contributed by atoms with Crippen molar-refractivity contribution >= 4 is 17.2 Å². The number of fused-ring (bicyclic) bond motifs is 3. The molecule has 3 heteroatoms. The first-order valence-corrected chi connectivity index (χ1v) is 10.2. The number of nitrogens with one attached hydrogen (secondary N) is 1. The maximum absolute atomic E-state index is 13.5. The summed E-state index contributed by atoms with van der Waals surface area (Å²) in [4.78, 5) is 14.8. The van der Waals surface area contributed by atoms with E-state index in [2.05, 4.69) is 66.2 Å². The quantitative estimate of drug-likeness (QED) is 0.644. The molecule has 1 N–H and O–H groups in total. The molecule has 2 nitrogen and oxygen atoms in total. The van der Waals surface area contributed by atoms with Crippen LogP contribution in [-0.4, -0.2) is 12.5 Å². The third kappa shape index (κ3) is 2.67. The number of hydrogen-bond donors (Lipinski definition) is 1. The summed E-state index contributed by atoms with van der Waals surface area (Å²) >= 11 is 1.74. The molecule has 1 heterocycles. The van der Waals surface area contributed by atoms with Gasteiger partial charge in [-0.1, -0.05) is 67.9 Å². The maximum Gasteiger partial charge on any atom is 0.235 e. The summed E-state index contributed by atoms with van der Waals surface area (Å²) in [6.07, 6.45) is 2.67. The third-order valence-electron chi connectivity index (χ3n) is 5.31. The van der Waals surface area contributed by atoms with E-state index in [1.54, 1.807) is 11.3 Å². The Labute approximate surface area is 158 Å². The maximum atomic E-state index is 13.5. The van der Waals surface area contributed by atoms with E-state index in [9.17, 15) is 4.79 Å². The molecule has 1 aliphatic rings. The van der Waals surface area contributed by atoms with Gasteiger partial charge in [0, 0.05) is 11.4 Å². The van der Waals surface area contributed by atoms with Crippen LogP contribution in [0.15, 0.2) is 66.0 Å². The third-order valence-corrected chi connectivity index (χ3v) is 6.25. The number of rotatable bonds is 6. The van der Waals surface area contributed by atoms with Gasteiger partial charge in [-0.25, -0.2) is 0 Å². The number of hydrogen-bond acceptors (Lipinski definition) is 2. The highest BCUT2D eigenvalue weighted by Crippen LogP contribution is 2.51. The molecule has 0 radical (unpaired) electrons. The van der Waals surface area contributed by atoms with Gasteiger partial charge in [0.2, 0.25) is 5.91 Å². The molecule has 4 rings (SSSR count). The van der Waals surface area contributed by atoms with Crippen LogP contribution in [0.25, 0.3) is 11.1 Å². The Hall–Kier alpha value is -2.39. The van der Waals surface area contributed by atoms with Gasteiger partial charge in [0.25, 0.3) is 0 Å². The van der Waals surface area contributed by atoms with E-state index < -0.39 is 5.41 Å². The van der Waals surface area contributed by atoms with Gasteiger partial charge in [-0.15, -0.1) is 11.3 Å². The lowest BCUT2D eigenvalue weighted by Crippen LogP contribution is -2.44. The van der Waals surface area contributed by atoms with Gasteiger partial charge in [-0.05, 0) is 46.5 Å². The Morgan fingerprint density at radius 1 is 0.962 bits per heavy atom. The summed E-state index contributed by atoms with van der Waals surface area (Å²) in [6.45, 7) is 2.83. The smallest absolute Gasteiger partial charge is 0.235 e. The molecule has 2 aromatic carbocycles. The summed E-state index contributed by atoms with van der Waals surface area (Å²) in [5, 5.41) is 5.32. The second-order valence-electron chi connectivity index (χ2n) is 6.83. The highest BCUT2D eigenvalue weighted by atomic mass is 32.1. The Kier molecular flexibility index (Phi) is 4.64.